The van der Waals surface area contributed by atoms with Crippen molar-refractivity contribution in [1.82, 2.24) is 20.2 Å². The SMILES string of the molecule is CCOc1cc(CNn2c(C)n[nH]c2=S)cc(Br)c1OCC(=O)NC1CCCCC1. The van der Waals surface area contributed by atoms with Crippen LogP contribution in [0.2, 0.25) is 0 Å². The van der Waals surface area contributed by atoms with E-state index in [1.807, 2.05) is 26.0 Å². The van der Waals surface area contributed by atoms with Crippen molar-refractivity contribution in [3.05, 3.63) is 32.8 Å². The Bertz CT molecular complexity index is 924. The molecule has 0 radical (unpaired) electrons. The van der Waals surface area contributed by atoms with Gasteiger partial charge in [0, 0.05) is 6.04 Å². The van der Waals surface area contributed by atoms with E-state index in [0.29, 0.717) is 29.4 Å². The number of aromatic amines is 1. The molecule has 164 valence electrons. The molecule has 1 fully saturated rings. The minimum absolute atomic E-state index is 0.0455. The number of amides is 1. The molecular formula is C20H28BrN5O3S. The van der Waals surface area contributed by atoms with Crippen LogP contribution in [0.15, 0.2) is 16.6 Å². The zero-order chi connectivity index (χ0) is 21.5. The van der Waals surface area contributed by atoms with Crippen molar-refractivity contribution >= 4 is 34.1 Å². The van der Waals surface area contributed by atoms with E-state index in [9.17, 15) is 4.79 Å². The lowest BCUT2D eigenvalue weighted by Crippen LogP contribution is -2.39. The Balaban J connectivity index is 1.65. The maximum atomic E-state index is 12.3. The summed E-state index contributed by atoms with van der Waals surface area (Å²) in [6.07, 6.45) is 5.68. The fraction of sp³-hybridized carbons (Fsp3) is 0.550. The number of carbonyl (C=O) groups is 1. The predicted octanol–water partition coefficient (Wildman–Crippen LogP) is 3.98. The number of carbonyl (C=O) groups excluding carboxylic acids is 1. The van der Waals surface area contributed by atoms with Crippen LogP contribution in [0.5, 0.6) is 11.5 Å². The lowest BCUT2D eigenvalue weighted by Gasteiger charge is -2.23. The molecule has 0 aliphatic heterocycles. The number of H-pyrrole nitrogens is 1. The molecule has 1 aliphatic carbocycles. The normalized spacial score (nSPS) is 14.4. The van der Waals surface area contributed by atoms with Gasteiger partial charge >= 0.3 is 0 Å². The summed E-state index contributed by atoms with van der Waals surface area (Å²) in [5.41, 5.74) is 4.19. The second-order valence-electron chi connectivity index (χ2n) is 7.28. The maximum absolute atomic E-state index is 12.3. The van der Waals surface area contributed by atoms with Crippen LogP contribution in [0, 0.1) is 11.7 Å². The van der Waals surface area contributed by atoms with Gasteiger partial charge in [0.15, 0.2) is 18.1 Å². The van der Waals surface area contributed by atoms with E-state index in [4.69, 9.17) is 21.7 Å². The number of nitrogens with one attached hydrogen (secondary N) is 3. The highest BCUT2D eigenvalue weighted by Crippen LogP contribution is 2.37. The summed E-state index contributed by atoms with van der Waals surface area (Å²) in [6, 6.07) is 4.09. The van der Waals surface area contributed by atoms with Crippen molar-refractivity contribution in [3.63, 3.8) is 0 Å². The molecule has 1 saturated carbocycles. The smallest absolute Gasteiger partial charge is 0.258 e. The second-order valence-corrected chi connectivity index (χ2v) is 8.52. The van der Waals surface area contributed by atoms with Crippen molar-refractivity contribution in [3.8, 4) is 11.5 Å². The first kappa shape index (κ1) is 22.6. The van der Waals surface area contributed by atoms with Crippen molar-refractivity contribution in [2.45, 2.75) is 58.5 Å². The van der Waals surface area contributed by atoms with Gasteiger partial charge in [0.25, 0.3) is 5.91 Å². The third-order valence-corrected chi connectivity index (χ3v) is 5.83. The number of ether oxygens (including phenoxy) is 2. The molecule has 2 aromatic rings. The molecule has 3 rings (SSSR count). The summed E-state index contributed by atoms with van der Waals surface area (Å²) in [5, 5.41) is 9.89. The van der Waals surface area contributed by atoms with Gasteiger partial charge in [-0.15, -0.1) is 0 Å². The van der Waals surface area contributed by atoms with Crippen LogP contribution in [-0.2, 0) is 11.3 Å². The maximum Gasteiger partial charge on any atom is 0.258 e. The van der Waals surface area contributed by atoms with E-state index in [2.05, 4.69) is 36.9 Å². The Labute approximate surface area is 189 Å². The number of nitrogens with zero attached hydrogens (tertiary/aromatic N) is 2. The highest BCUT2D eigenvalue weighted by atomic mass is 79.9. The highest BCUT2D eigenvalue weighted by Gasteiger charge is 2.18. The van der Waals surface area contributed by atoms with Gasteiger partial charge in [-0.05, 0) is 72.5 Å². The van der Waals surface area contributed by atoms with Crippen LogP contribution in [0.25, 0.3) is 0 Å². The van der Waals surface area contributed by atoms with Crippen LogP contribution < -0.4 is 20.2 Å². The van der Waals surface area contributed by atoms with Crippen molar-refractivity contribution in [2.75, 3.05) is 18.6 Å². The lowest BCUT2D eigenvalue weighted by molar-refractivity contribution is -0.124. The Hall–Kier alpha value is -2.07. The zero-order valence-electron chi connectivity index (χ0n) is 17.3. The Morgan fingerprint density at radius 1 is 1.33 bits per heavy atom. The summed E-state index contributed by atoms with van der Waals surface area (Å²) in [7, 11) is 0. The number of benzene rings is 1. The van der Waals surface area contributed by atoms with Gasteiger partial charge in [-0.25, -0.2) is 4.68 Å². The third kappa shape index (κ3) is 5.98. The zero-order valence-corrected chi connectivity index (χ0v) is 19.7. The molecule has 0 bridgehead atoms. The van der Waals surface area contributed by atoms with Gasteiger partial charge < -0.3 is 20.2 Å². The Morgan fingerprint density at radius 2 is 2.10 bits per heavy atom. The molecule has 30 heavy (non-hydrogen) atoms. The van der Waals surface area contributed by atoms with E-state index in [1.54, 1.807) is 4.68 Å². The van der Waals surface area contributed by atoms with Crippen molar-refractivity contribution in [2.24, 2.45) is 0 Å². The van der Waals surface area contributed by atoms with E-state index in [0.717, 1.165) is 28.7 Å². The summed E-state index contributed by atoms with van der Waals surface area (Å²) in [5.74, 6) is 1.75. The number of aryl methyl sites for hydroxylation is 1. The van der Waals surface area contributed by atoms with Gasteiger partial charge in [0.2, 0.25) is 4.77 Å². The minimum Gasteiger partial charge on any atom is -0.490 e. The lowest BCUT2D eigenvalue weighted by atomic mass is 9.95. The predicted molar refractivity (Wildman–Crippen MR) is 121 cm³/mol. The summed E-state index contributed by atoms with van der Waals surface area (Å²) >= 11 is 8.76. The molecule has 1 aromatic heterocycles. The third-order valence-electron chi connectivity index (χ3n) is 4.97. The van der Waals surface area contributed by atoms with Gasteiger partial charge in [-0.2, -0.15) is 5.10 Å². The first-order valence-corrected chi connectivity index (χ1v) is 11.4. The quantitative estimate of drug-likeness (QED) is 0.453. The molecule has 0 atom stereocenters. The number of halogens is 1. The fourth-order valence-electron chi connectivity index (χ4n) is 3.51. The van der Waals surface area contributed by atoms with Crippen molar-refractivity contribution in [1.29, 1.82) is 0 Å². The van der Waals surface area contributed by atoms with E-state index >= 15 is 0 Å². The van der Waals surface area contributed by atoms with Crippen LogP contribution in [-0.4, -0.2) is 40.0 Å². The van der Waals surface area contributed by atoms with Crippen LogP contribution in [0.1, 0.15) is 50.4 Å². The molecule has 1 aliphatic rings. The molecule has 0 unspecified atom stereocenters. The number of aromatic nitrogens is 3. The topological polar surface area (TPSA) is 93.2 Å². The van der Waals surface area contributed by atoms with Crippen LogP contribution >= 0.6 is 28.1 Å². The monoisotopic (exact) mass is 497 g/mol. The van der Waals surface area contributed by atoms with Crippen molar-refractivity contribution < 1.29 is 14.3 Å². The molecule has 8 nitrogen and oxygen atoms in total. The van der Waals surface area contributed by atoms with E-state index in [1.165, 1.54) is 19.3 Å². The molecule has 0 spiro atoms. The largest absolute Gasteiger partial charge is 0.490 e. The molecular weight excluding hydrogens is 470 g/mol. The van der Waals surface area contributed by atoms with E-state index in [-0.39, 0.29) is 18.6 Å². The van der Waals surface area contributed by atoms with Crippen LogP contribution in [0.3, 0.4) is 0 Å². The average molecular weight is 498 g/mol. The number of hydrogen-bond acceptors (Lipinski definition) is 6. The number of rotatable bonds is 9. The molecule has 1 aromatic carbocycles. The fourth-order valence-corrected chi connectivity index (χ4v) is 4.36. The van der Waals surface area contributed by atoms with E-state index < -0.39 is 0 Å². The molecule has 0 saturated heterocycles. The van der Waals surface area contributed by atoms with Gasteiger partial charge in [0.1, 0.15) is 5.82 Å². The van der Waals surface area contributed by atoms with Gasteiger partial charge in [0.05, 0.1) is 17.6 Å². The molecule has 1 amide bonds. The summed E-state index contributed by atoms with van der Waals surface area (Å²) < 4.78 is 14.5. The molecule has 1 heterocycles. The van der Waals surface area contributed by atoms with Gasteiger partial charge in [-0.3, -0.25) is 9.89 Å². The average Bonchev–Trinajstić information content (AvgIpc) is 3.04. The first-order chi connectivity index (χ1) is 14.5. The standard InChI is InChI=1S/C20H28BrN5O3S/c1-3-28-17-10-14(11-22-26-13(2)24-25-20(26)30)9-16(21)19(17)29-12-18(27)23-15-7-5-4-6-8-15/h9-10,15,22H,3-8,11-12H2,1-2H3,(H,23,27)(H,25,30). The molecule has 10 heteroatoms. The molecule has 3 N–H and O–H groups in total. The van der Waals surface area contributed by atoms with Gasteiger partial charge in [-0.1, -0.05) is 19.3 Å². The number of hydrogen-bond donors (Lipinski definition) is 3. The minimum atomic E-state index is -0.105. The summed E-state index contributed by atoms with van der Waals surface area (Å²) in [6.45, 7) is 4.72. The van der Waals surface area contributed by atoms with Crippen LogP contribution in [0.4, 0.5) is 0 Å². The Morgan fingerprint density at radius 3 is 2.77 bits per heavy atom. The second kappa shape index (κ2) is 10.8. The summed E-state index contributed by atoms with van der Waals surface area (Å²) in [4.78, 5) is 12.3. The first-order valence-electron chi connectivity index (χ1n) is 10.2. The Kier molecular flexibility index (Phi) is 8.15. The highest BCUT2D eigenvalue weighted by molar-refractivity contribution is 9.10.